The fraction of sp³-hybridized carbons (Fsp3) is 0.381. The van der Waals surface area contributed by atoms with Crippen LogP contribution in [0, 0.1) is 0 Å². The van der Waals surface area contributed by atoms with Crippen LogP contribution < -0.4 is 20.5 Å². The van der Waals surface area contributed by atoms with Crippen LogP contribution in [0.15, 0.2) is 53.5 Å². The molecule has 0 aromatic heterocycles. The highest BCUT2D eigenvalue weighted by Crippen LogP contribution is 2.41. The maximum Gasteiger partial charge on any atom is 0.189 e. The highest BCUT2D eigenvalue weighted by atomic mass is 127. The molecular weight excluding hydrogens is 453 g/mol. The zero-order valence-corrected chi connectivity index (χ0v) is 17.8. The van der Waals surface area contributed by atoms with Gasteiger partial charge in [0.25, 0.3) is 0 Å². The molecule has 5 nitrogen and oxygen atoms in total. The number of rotatable bonds is 5. The van der Waals surface area contributed by atoms with Gasteiger partial charge in [-0.3, -0.25) is 0 Å². The minimum atomic E-state index is 0. The Labute approximate surface area is 177 Å². The van der Waals surface area contributed by atoms with E-state index in [2.05, 4.69) is 23.5 Å². The van der Waals surface area contributed by atoms with Gasteiger partial charge in [-0.25, -0.2) is 4.99 Å². The van der Waals surface area contributed by atoms with Gasteiger partial charge in [0, 0.05) is 23.9 Å². The molecule has 1 aliphatic heterocycles. The third-order valence-electron chi connectivity index (χ3n) is 4.96. The molecule has 3 atom stereocenters. The zero-order chi connectivity index (χ0) is 17.9. The molecule has 0 radical (unpaired) electrons. The summed E-state index contributed by atoms with van der Waals surface area (Å²) in [5, 5.41) is 3.38. The first kappa shape index (κ1) is 19.8. The van der Waals surface area contributed by atoms with Crippen molar-refractivity contribution in [3.8, 4) is 11.5 Å². The van der Waals surface area contributed by atoms with Crippen LogP contribution in [0.25, 0.3) is 0 Å². The van der Waals surface area contributed by atoms with Crippen molar-refractivity contribution in [2.75, 3.05) is 13.2 Å². The summed E-state index contributed by atoms with van der Waals surface area (Å²) in [6, 6.07) is 16.8. The lowest BCUT2D eigenvalue weighted by atomic mass is 10.0. The van der Waals surface area contributed by atoms with Crippen LogP contribution in [0.5, 0.6) is 11.5 Å². The second-order valence-corrected chi connectivity index (χ2v) is 6.80. The number of ether oxygens (including phenoxy) is 2. The maximum atomic E-state index is 6.18. The number of nitrogens with one attached hydrogen (secondary N) is 1. The molecule has 0 saturated heterocycles. The monoisotopic (exact) mass is 479 g/mol. The SMILES string of the molecule is CCOc1ccc([C@@H]2C[C@H]2NC(N)=NC2CCOc3ccccc32)cc1.I. The molecule has 1 saturated carbocycles. The maximum absolute atomic E-state index is 6.18. The van der Waals surface area contributed by atoms with Gasteiger partial charge in [-0.1, -0.05) is 30.3 Å². The molecule has 0 spiro atoms. The smallest absolute Gasteiger partial charge is 0.189 e. The predicted molar refractivity (Wildman–Crippen MR) is 118 cm³/mol. The van der Waals surface area contributed by atoms with Gasteiger partial charge < -0.3 is 20.5 Å². The van der Waals surface area contributed by atoms with E-state index in [0.717, 1.165) is 29.9 Å². The highest BCUT2D eigenvalue weighted by molar-refractivity contribution is 14.0. The molecule has 4 rings (SSSR count). The summed E-state index contributed by atoms with van der Waals surface area (Å²) in [7, 11) is 0. The first-order chi connectivity index (χ1) is 12.7. The van der Waals surface area contributed by atoms with E-state index in [4.69, 9.17) is 20.2 Å². The van der Waals surface area contributed by atoms with Crippen molar-refractivity contribution in [1.82, 2.24) is 5.32 Å². The number of hydrogen-bond acceptors (Lipinski definition) is 3. The molecule has 1 fully saturated rings. The van der Waals surface area contributed by atoms with Gasteiger partial charge in [-0.15, -0.1) is 24.0 Å². The van der Waals surface area contributed by atoms with E-state index in [0.29, 0.717) is 31.1 Å². The summed E-state index contributed by atoms with van der Waals surface area (Å²) in [5.41, 5.74) is 8.61. The van der Waals surface area contributed by atoms with Crippen LogP contribution >= 0.6 is 24.0 Å². The van der Waals surface area contributed by atoms with Crippen molar-refractivity contribution in [2.24, 2.45) is 10.7 Å². The molecule has 1 heterocycles. The van der Waals surface area contributed by atoms with Gasteiger partial charge in [0.15, 0.2) is 5.96 Å². The Bertz CT molecular complexity index is 794. The van der Waals surface area contributed by atoms with E-state index in [9.17, 15) is 0 Å². The van der Waals surface area contributed by atoms with E-state index < -0.39 is 0 Å². The van der Waals surface area contributed by atoms with Crippen LogP contribution in [0.4, 0.5) is 0 Å². The van der Waals surface area contributed by atoms with Crippen molar-refractivity contribution < 1.29 is 9.47 Å². The third kappa shape index (κ3) is 4.66. The van der Waals surface area contributed by atoms with Crippen LogP contribution in [-0.4, -0.2) is 25.2 Å². The van der Waals surface area contributed by atoms with Gasteiger partial charge >= 0.3 is 0 Å². The molecule has 0 bridgehead atoms. The van der Waals surface area contributed by atoms with E-state index in [-0.39, 0.29) is 30.0 Å². The number of hydrogen-bond donors (Lipinski definition) is 2. The molecular formula is C21H26IN3O2. The number of para-hydroxylation sites is 1. The Morgan fingerprint density at radius 1 is 1.22 bits per heavy atom. The molecule has 27 heavy (non-hydrogen) atoms. The number of guanidine groups is 1. The molecule has 2 aliphatic rings. The molecule has 3 N–H and O–H groups in total. The van der Waals surface area contributed by atoms with Crippen LogP contribution in [0.1, 0.15) is 42.9 Å². The predicted octanol–water partition coefficient (Wildman–Crippen LogP) is 3.99. The average molecular weight is 479 g/mol. The van der Waals surface area contributed by atoms with Crippen LogP contribution in [-0.2, 0) is 0 Å². The topological polar surface area (TPSA) is 68.9 Å². The van der Waals surface area contributed by atoms with E-state index >= 15 is 0 Å². The van der Waals surface area contributed by atoms with Gasteiger partial charge in [0.1, 0.15) is 11.5 Å². The summed E-state index contributed by atoms with van der Waals surface area (Å²) < 4.78 is 11.2. The molecule has 2 aromatic rings. The minimum Gasteiger partial charge on any atom is -0.494 e. The third-order valence-corrected chi connectivity index (χ3v) is 4.96. The number of nitrogens with two attached hydrogens (primary N) is 1. The summed E-state index contributed by atoms with van der Waals surface area (Å²) in [6.07, 6.45) is 1.93. The summed E-state index contributed by atoms with van der Waals surface area (Å²) in [5.74, 6) is 2.84. The lowest BCUT2D eigenvalue weighted by molar-refractivity contribution is 0.269. The Kier molecular flexibility index (Phi) is 6.46. The Hall–Kier alpha value is -1.96. The fourth-order valence-electron chi connectivity index (χ4n) is 3.55. The first-order valence-corrected chi connectivity index (χ1v) is 9.29. The molecule has 2 aromatic carbocycles. The van der Waals surface area contributed by atoms with Crippen molar-refractivity contribution in [3.63, 3.8) is 0 Å². The summed E-state index contributed by atoms with van der Waals surface area (Å²) in [6.45, 7) is 3.36. The Morgan fingerprint density at radius 2 is 2.00 bits per heavy atom. The molecule has 0 amide bonds. The molecule has 6 heteroatoms. The average Bonchev–Trinajstić information content (AvgIpc) is 3.42. The zero-order valence-electron chi connectivity index (χ0n) is 15.4. The molecule has 1 aliphatic carbocycles. The van der Waals surface area contributed by atoms with Crippen LogP contribution in [0.2, 0.25) is 0 Å². The summed E-state index contributed by atoms with van der Waals surface area (Å²) >= 11 is 0. The van der Waals surface area contributed by atoms with E-state index in [1.165, 1.54) is 5.56 Å². The molecule has 1 unspecified atom stereocenters. The Balaban J connectivity index is 0.00000210. The van der Waals surface area contributed by atoms with E-state index in [1.54, 1.807) is 0 Å². The second kappa shape index (κ2) is 8.82. The van der Waals surface area contributed by atoms with Gasteiger partial charge in [-0.05, 0) is 37.1 Å². The van der Waals surface area contributed by atoms with Crippen molar-refractivity contribution in [3.05, 3.63) is 59.7 Å². The van der Waals surface area contributed by atoms with Gasteiger partial charge in [0.05, 0.1) is 19.3 Å². The highest BCUT2D eigenvalue weighted by Gasteiger charge is 2.38. The normalized spacial score (nSPS) is 23.4. The van der Waals surface area contributed by atoms with Crippen LogP contribution in [0.3, 0.4) is 0 Å². The quantitative estimate of drug-likeness (QED) is 0.387. The van der Waals surface area contributed by atoms with Crippen molar-refractivity contribution in [1.29, 1.82) is 0 Å². The number of nitrogens with zero attached hydrogens (tertiary/aromatic N) is 1. The first-order valence-electron chi connectivity index (χ1n) is 9.29. The molecule has 144 valence electrons. The summed E-state index contributed by atoms with van der Waals surface area (Å²) in [4.78, 5) is 4.71. The number of halogens is 1. The fourth-order valence-corrected chi connectivity index (χ4v) is 3.55. The van der Waals surface area contributed by atoms with Crippen molar-refractivity contribution in [2.45, 2.75) is 37.8 Å². The van der Waals surface area contributed by atoms with Gasteiger partial charge in [0.2, 0.25) is 0 Å². The number of aliphatic imine (C=N–C) groups is 1. The Morgan fingerprint density at radius 3 is 2.78 bits per heavy atom. The standard InChI is InChI=1S/C21H25N3O2.HI/c1-2-25-15-9-7-14(8-10-15)17-13-19(17)24-21(22)23-18-11-12-26-20-6-4-3-5-16(18)20;/h3-10,17-19H,2,11-13H2,1H3,(H3,22,23,24);1H/t17-,18?,19+;/m0./s1. The van der Waals surface area contributed by atoms with Crippen molar-refractivity contribution >= 4 is 29.9 Å². The lowest BCUT2D eigenvalue weighted by Crippen LogP contribution is -2.35. The minimum absolute atomic E-state index is 0. The number of fused-ring (bicyclic) bond motifs is 1. The largest absolute Gasteiger partial charge is 0.494 e. The van der Waals surface area contributed by atoms with E-state index in [1.807, 2.05) is 37.3 Å². The lowest BCUT2D eigenvalue weighted by Gasteiger charge is -2.23. The number of benzene rings is 2. The van der Waals surface area contributed by atoms with Gasteiger partial charge in [-0.2, -0.15) is 0 Å². The second-order valence-electron chi connectivity index (χ2n) is 6.80.